The molecule has 2 aromatic rings. The second-order valence-corrected chi connectivity index (χ2v) is 4.93. The van der Waals surface area contributed by atoms with Crippen molar-refractivity contribution in [2.24, 2.45) is 0 Å². The third-order valence-electron chi connectivity index (χ3n) is 3.48. The van der Waals surface area contributed by atoms with Crippen LogP contribution in [0.5, 0.6) is 5.75 Å². The first-order valence-corrected chi connectivity index (χ1v) is 6.86. The molecule has 3 rings (SSSR count). The summed E-state index contributed by atoms with van der Waals surface area (Å²) in [6, 6.07) is 7.36. The van der Waals surface area contributed by atoms with E-state index in [0.29, 0.717) is 12.2 Å². The molecule has 2 heterocycles. The van der Waals surface area contributed by atoms with Crippen LogP contribution in [0.2, 0.25) is 0 Å². The number of aromatic hydroxyl groups is 1. The lowest BCUT2D eigenvalue weighted by Crippen LogP contribution is -2.44. The molecule has 1 saturated heterocycles. The average molecular weight is 270 g/mol. The van der Waals surface area contributed by atoms with Crippen molar-refractivity contribution in [3.8, 4) is 5.75 Å². The largest absolute Gasteiger partial charge is 0.508 e. The van der Waals surface area contributed by atoms with Crippen LogP contribution in [0.4, 0.5) is 5.95 Å². The Labute approximate surface area is 118 Å². The Bertz CT molecular complexity index is 564. The monoisotopic (exact) mass is 270 g/mol. The number of para-hydroxylation sites is 1. The zero-order valence-electron chi connectivity index (χ0n) is 11.3. The van der Waals surface area contributed by atoms with E-state index >= 15 is 0 Å². The standard InChI is InChI=1S/C15H18N4O/c20-14-4-2-1-3-13(14)9-12-10-17-15(18-11-12)19-7-5-16-6-8-19/h1-4,10-11,16,20H,5-9H2. The summed E-state index contributed by atoms with van der Waals surface area (Å²) in [4.78, 5) is 11.0. The Morgan fingerprint density at radius 1 is 1.10 bits per heavy atom. The van der Waals surface area contributed by atoms with Crippen molar-refractivity contribution >= 4 is 5.95 Å². The molecule has 0 unspecified atom stereocenters. The molecule has 1 aliphatic rings. The van der Waals surface area contributed by atoms with Crippen molar-refractivity contribution in [3.63, 3.8) is 0 Å². The molecule has 20 heavy (non-hydrogen) atoms. The fourth-order valence-corrected chi connectivity index (χ4v) is 2.35. The summed E-state index contributed by atoms with van der Waals surface area (Å²) in [6.45, 7) is 3.84. The molecule has 2 N–H and O–H groups in total. The van der Waals surface area contributed by atoms with Gasteiger partial charge in [-0.25, -0.2) is 9.97 Å². The van der Waals surface area contributed by atoms with E-state index in [2.05, 4.69) is 20.2 Å². The summed E-state index contributed by atoms with van der Waals surface area (Å²) in [5.41, 5.74) is 1.90. The average Bonchev–Trinajstić information content (AvgIpc) is 2.51. The molecule has 1 aromatic carbocycles. The molecule has 5 nitrogen and oxygen atoms in total. The number of aromatic nitrogens is 2. The third-order valence-corrected chi connectivity index (χ3v) is 3.48. The minimum Gasteiger partial charge on any atom is -0.508 e. The Balaban J connectivity index is 1.71. The first-order valence-electron chi connectivity index (χ1n) is 6.86. The van der Waals surface area contributed by atoms with E-state index < -0.39 is 0 Å². The van der Waals surface area contributed by atoms with Crippen molar-refractivity contribution in [2.75, 3.05) is 31.1 Å². The molecule has 104 valence electrons. The molecule has 1 fully saturated rings. The van der Waals surface area contributed by atoms with Gasteiger partial charge in [-0.2, -0.15) is 0 Å². The summed E-state index contributed by atoms with van der Waals surface area (Å²) in [7, 11) is 0. The zero-order chi connectivity index (χ0) is 13.8. The molecule has 0 saturated carbocycles. The normalized spacial score (nSPS) is 15.3. The van der Waals surface area contributed by atoms with Crippen LogP contribution < -0.4 is 10.2 Å². The van der Waals surface area contributed by atoms with Gasteiger partial charge < -0.3 is 15.3 Å². The number of hydrogen-bond acceptors (Lipinski definition) is 5. The van der Waals surface area contributed by atoms with E-state index in [1.54, 1.807) is 6.07 Å². The molecule has 0 atom stereocenters. The van der Waals surface area contributed by atoms with Crippen LogP contribution in [0.25, 0.3) is 0 Å². The number of piperazine rings is 1. The predicted molar refractivity (Wildman–Crippen MR) is 78.0 cm³/mol. The van der Waals surface area contributed by atoms with Gasteiger partial charge in [0.15, 0.2) is 0 Å². The zero-order valence-corrected chi connectivity index (χ0v) is 11.3. The van der Waals surface area contributed by atoms with Crippen molar-refractivity contribution in [2.45, 2.75) is 6.42 Å². The van der Waals surface area contributed by atoms with Crippen molar-refractivity contribution in [1.82, 2.24) is 15.3 Å². The van der Waals surface area contributed by atoms with E-state index in [-0.39, 0.29) is 0 Å². The van der Waals surface area contributed by atoms with Gasteiger partial charge in [0.1, 0.15) is 5.75 Å². The number of phenolic OH excluding ortho intramolecular Hbond substituents is 1. The van der Waals surface area contributed by atoms with Crippen molar-refractivity contribution in [1.29, 1.82) is 0 Å². The maximum atomic E-state index is 9.77. The van der Waals surface area contributed by atoms with Crippen LogP contribution in [-0.2, 0) is 6.42 Å². The molecule has 0 bridgehead atoms. The first-order chi connectivity index (χ1) is 9.83. The fourth-order valence-electron chi connectivity index (χ4n) is 2.35. The van der Waals surface area contributed by atoms with Crippen LogP contribution in [0.3, 0.4) is 0 Å². The molecule has 0 amide bonds. The first kappa shape index (κ1) is 12.9. The lowest BCUT2D eigenvalue weighted by molar-refractivity contribution is 0.469. The highest BCUT2D eigenvalue weighted by molar-refractivity contribution is 5.37. The molecular weight excluding hydrogens is 252 g/mol. The molecule has 1 aromatic heterocycles. The quantitative estimate of drug-likeness (QED) is 0.877. The Morgan fingerprint density at radius 3 is 2.50 bits per heavy atom. The van der Waals surface area contributed by atoms with E-state index in [4.69, 9.17) is 0 Å². The van der Waals surface area contributed by atoms with Crippen LogP contribution in [0.1, 0.15) is 11.1 Å². The highest BCUT2D eigenvalue weighted by atomic mass is 16.3. The summed E-state index contributed by atoms with van der Waals surface area (Å²) < 4.78 is 0. The van der Waals surface area contributed by atoms with Gasteiger partial charge in [0.2, 0.25) is 5.95 Å². The van der Waals surface area contributed by atoms with Gasteiger partial charge in [0, 0.05) is 45.0 Å². The van der Waals surface area contributed by atoms with E-state index in [1.807, 2.05) is 30.6 Å². The van der Waals surface area contributed by atoms with E-state index in [9.17, 15) is 5.11 Å². The number of benzene rings is 1. The summed E-state index contributed by atoms with van der Waals surface area (Å²) >= 11 is 0. The van der Waals surface area contributed by atoms with Crippen LogP contribution >= 0.6 is 0 Å². The van der Waals surface area contributed by atoms with Gasteiger partial charge in [-0.1, -0.05) is 18.2 Å². The smallest absolute Gasteiger partial charge is 0.225 e. The summed E-state index contributed by atoms with van der Waals surface area (Å²) in [5.74, 6) is 1.10. The molecule has 1 aliphatic heterocycles. The molecular formula is C15H18N4O. The van der Waals surface area contributed by atoms with Crippen LogP contribution in [0.15, 0.2) is 36.7 Å². The molecule has 5 heteroatoms. The number of nitrogens with one attached hydrogen (secondary N) is 1. The third kappa shape index (κ3) is 2.88. The number of phenols is 1. The highest BCUT2D eigenvalue weighted by Crippen LogP contribution is 2.19. The second kappa shape index (κ2) is 5.88. The van der Waals surface area contributed by atoms with Crippen LogP contribution in [-0.4, -0.2) is 41.3 Å². The van der Waals surface area contributed by atoms with Gasteiger partial charge in [0.05, 0.1) is 0 Å². The van der Waals surface area contributed by atoms with Crippen LogP contribution in [0, 0.1) is 0 Å². The topological polar surface area (TPSA) is 61.3 Å². The maximum absolute atomic E-state index is 9.77. The highest BCUT2D eigenvalue weighted by Gasteiger charge is 2.12. The maximum Gasteiger partial charge on any atom is 0.225 e. The number of anilines is 1. The van der Waals surface area contributed by atoms with Gasteiger partial charge in [-0.15, -0.1) is 0 Å². The minimum absolute atomic E-state index is 0.318. The second-order valence-electron chi connectivity index (χ2n) is 4.93. The number of rotatable bonds is 3. The molecule has 0 spiro atoms. The molecule has 0 aliphatic carbocycles. The van der Waals surface area contributed by atoms with Gasteiger partial charge in [0.25, 0.3) is 0 Å². The summed E-state index contributed by atoms with van der Waals surface area (Å²) in [6.07, 6.45) is 4.34. The van der Waals surface area contributed by atoms with Crippen molar-refractivity contribution in [3.05, 3.63) is 47.8 Å². The van der Waals surface area contributed by atoms with E-state index in [1.165, 1.54) is 0 Å². The lowest BCUT2D eigenvalue weighted by atomic mass is 10.1. The van der Waals surface area contributed by atoms with Gasteiger partial charge >= 0.3 is 0 Å². The predicted octanol–water partition coefficient (Wildman–Crippen LogP) is 1.18. The number of hydrogen-bond donors (Lipinski definition) is 2. The lowest BCUT2D eigenvalue weighted by Gasteiger charge is -2.27. The molecule has 0 radical (unpaired) electrons. The van der Waals surface area contributed by atoms with E-state index in [0.717, 1.165) is 43.3 Å². The summed E-state index contributed by atoms with van der Waals surface area (Å²) in [5, 5.41) is 13.1. The van der Waals surface area contributed by atoms with Crippen molar-refractivity contribution < 1.29 is 5.11 Å². The Kier molecular flexibility index (Phi) is 3.78. The minimum atomic E-state index is 0.318. The number of nitrogens with zero attached hydrogens (tertiary/aromatic N) is 3. The fraction of sp³-hybridized carbons (Fsp3) is 0.333. The van der Waals surface area contributed by atoms with Gasteiger partial charge in [-0.3, -0.25) is 0 Å². The van der Waals surface area contributed by atoms with Gasteiger partial charge in [-0.05, 0) is 17.2 Å². The Hall–Kier alpha value is -2.14. The Morgan fingerprint density at radius 2 is 1.80 bits per heavy atom. The SMILES string of the molecule is Oc1ccccc1Cc1cnc(N2CCNCC2)nc1.